The minimum atomic E-state index is -0.853. The van der Waals surface area contributed by atoms with E-state index in [2.05, 4.69) is 19.2 Å². The maximum Gasteiger partial charge on any atom is 0.303 e. The Morgan fingerprint density at radius 2 is 1.83 bits per heavy atom. The molecule has 0 saturated heterocycles. The molecule has 4 heteroatoms. The number of hydrogen-bond donors (Lipinski definition) is 2. The van der Waals surface area contributed by atoms with Crippen LogP contribution in [0.15, 0.2) is 0 Å². The van der Waals surface area contributed by atoms with Gasteiger partial charge < -0.3 is 10.4 Å². The van der Waals surface area contributed by atoms with Crippen molar-refractivity contribution in [3.05, 3.63) is 0 Å². The fourth-order valence-corrected chi connectivity index (χ4v) is 2.36. The van der Waals surface area contributed by atoms with Gasteiger partial charge in [0.05, 0.1) is 6.42 Å². The predicted octanol–water partition coefficient (Wildman–Crippen LogP) is 2.43. The Morgan fingerprint density at radius 1 is 1.28 bits per heavy atom. The van der Waals surface area contributed by atoms with Crippen molar-refractivity contribution in [2.75, 3.05) is 6.54 Å². The third-order valence-electron chi connectivity index (χ3n) is 4.02. The summed E-state index contributed by atoms with van der Waals surface area (Å²) in [7, 11) is 0. The second-order valence-corrected chi connectivity index (χ2v) is 6.71. The first-order valence-corrected chi connectivity index (χ1v) is 6.65. The normalized spacial score (nSPS) is 17.6. The Labute approximate surface area is 109 Å². The predicted molar refractivity (Wildman–Crippen MR) is 70.2 cm³/mol. The average molecular weight is 255 g/mol. The molecule has 2 N–H and O–H groups in total. The number of amides is 1. The van der Waals surface area contributed by atoms with Gasteiger partial charge >= 0.3 is 5.97 Å². The summed E-state index contributed by atoms with van der Waals surface area (Å²) in [5.41, 5.74) is -0.183. The maximum absolute atomic E-state index is 11.8. The Hall–Kier alpha value is -1.06. The molecule has 0 atom stereocenters. The van der Waals surface area contributed by atoms with Crippen molar-refractivity contribution in [3.63, 3.8) is 0 Å². The van der Waals surface area contributed by atoms with Crippen LogP contribution in [-0.2, 0) is 9.59 Å². The van der Waals surface area contributed by atoms with Crippen LogP contribution in [-0.4, -0.2) is 23.5 Å². The number of rotatable bonds is 7. The van der Waals surface area contributed by atoms with Crippen LogP contribution in [0.3, 0.4) is 0 Å². The lowest BCUT2D eigenvalue weighted by Gasteiger charge is -2.24. The molecule has 0 bridgehead atoms. The number of carbonyl (C=O) groups is 2. The van der Waals surface area contributed by atoms with Gasteiger partial charge in [-0.05, 0) is 29.6 Å². The van der Waals surface area contributed by atoms with E-state index in [9.17, 15) is 9.59 Å². The Balaban J connectivity index is 2.36. The van der Waals surface area contributed by atoms with Gasteiger partial charge in [-0.2, -0.15) is 0 Å². The van der Waals surface area contributed by atoms with Gasteiger partial charge in [-0.25, -0.2) is 0 Å². The summed E-state index contributed by atoms with van der Waals surface area (Å²) in [6.45, 7) is 8.74. The van der Waals surface area contributed by atoms with Crippen LogP contribution in [0.1, 0.15) is 53.4 Å². The molecule has 0 aromatic rings. The van der Waals surface area contributed by atoms with Gasteiger partial charge in [0.15, 0.2) is 0 Å². The molecule has 0 unspecified atom stereocenters. The molecular formula is C14H25NO3. The van der Waals surface area contributed by atoms with Crippen LogP contribution in [0, 0.1) is 16.7 Å². The molecule has 104 valence electrons. The van der Waals surface area contributed by atoms with Crippen molar-refractivity contribution in [3.8, 4) is 0 Å². The van der Waals surface area contributed by atoms with Crippen molar-refractivity contribution in [1.82, 2.24) is 5.32 Å². The van der Waals surface area contributed by atoms with E-state index in [1.54, 1.807) is 0 Å². The van der Waals surface area contributed by atoms with E-state index in [1.165, 1.54) is 12.8 Å². The van der Waals surface area contributed by atoms with Crippen LogP contribution >= 0.6 is 0 Å². The molecule has 0 aliphatic heterocycles. The zero-order chi connectivity index (χ0) is 14.0. The summed E-state index contributed by atoms with van der Waals surface area (Å²) in [4.78, 5) is 22.5. The lowest BCUT2D eigenvalue weighted by Crippen LogP contribution is -2.35. The summed E-state index contributed by atoms with van der Waals surface area (Å²) >= 11 is 0. The monoisotopic (exact) mass is 255 g/mol. The number of nitrogens with one attached hydrogen (secondary N) is 1. The fourth-order valence-electron chi connectivity index (χ4n) is 2.36. The van der Waals surface area contributed by atoms with E-state index >= 15 is 0 Å². The first-order chi connectivity index (χ1) is 8.17. The molecule has 0 spiro atoms. The summed E-state index contributed by atoms with van der Waals surface area (Å²) in [5.74, 6) is -0.299. The molecule has 0 aromatic heterocycles. The van der Waals surface area contributed by atoms with Crippen molar-refractivity contribution < 1.29 is 14.7 Å². The second kappa shape index (κ2) is 5.29. The number of carboxylic acid groups (broad SMARTS) is 1. The summed E-state index contributed by atoms with van der Waals surface area (Å²) < 4.78 is 0. The zero-order valence-corrected chi connectivity index (χ0v) is 11.9. The van der Waals surface area contributed by atoms with Crippen molar-refractivity contribution in [2.24, 2.45) is 16.7 Å². The highest BCUT2D eigenvalue weighted by atomic mass is 16.4. The SMILES string of the molecule is CC(C)C1(CNC(=O)CC(C)(C)CC(=O)O)CC1. The summed E-state index contributed by atoms with van der Waals surface area (Å²) in [6, 6.07) is 0. The molecule has 18 heavy (non-hydrogen) atoms. The lowest BCUT2D eigenvalue weighted by atomic mass is 9.85. The Bertz CT molecular complexity index is 330. The van der Waals surface area contributed by atoms with E-state index in [0.717, 1.165) is 6.54 Å². The van der Waals surface area contributed by atoms with Crippen LogP contribution in [0.25, 0.3) is 0 Å². The smallest absolute Gasteiger partial charge is 0.303 e. The molecule has 1 rings (SSSR count). The molecular weight excluding hydrogens is 230 g/mol. The van der Waals surface area contributed by atoms with E-state index in [0.29, 0.717) is 11.3 Å². The quantitative estimate of drug-likeness (QED) is 0.734. The highest BCUT2D eigenvalue weighted by molar-refractivity contribution is 5.78. The molecule has 0 radical (unpaired) electrons. The zero-order valence-electron chi connectivity index (χ0n) is 11.9. The average Bonchev–Trinajstić information content (AvgIpc) is 2.92. The number of carbonyl (C=O) groups excluding carboxylic acids is 1. The number of aliphatic carboxylic acids is 1. The highest BCUT2D eigenvalue weighted by Gasteiger charge is 2.45. The standard InChI is InChI=1S/C14H25NO3/c1-10(2)14(5-6-14)9-15-11(16)7-13(3,4)8-12(17)18/h10H,5-9H2,1-4H3,(H,15,16)(H,17,18). The topological polar surface area (TPSA) is 66.4 Å². The minimum absolute atomic E-state index is 0.0236. The van der Waals surface area contributed by atoms with Gasteiger partial charge in [0, 0.05) is 13.0 Å². The van der Waals surface area contributed by atoms with E-state index in [4.69, 9.17) is 5.11 Å². The molecule has 1 saturated carbocycles. The van der Waals surface area contributed by atoms with Crippen molar-refractivity contribution in [2.45, 2.75) is 53.4 Å². The fraction of sp³-hybridized carbons (Fsp3) is 0.857. The Morgan fingerprint density at radius 3 is 2.22 bits per heavy atom. The van der Waals surface area contributed by atoms with Crippen LogP contribution in [0.4, 0.5) is 0 Å². The van der Waals surface area contributed by atoms with Gasteiger partial charge in [-0.15, -0.1) is 0 Å². The van der Waals surface area contributed by atoms with Crippen molar-refractivity contribution >= 4 is 11.9 Å². The Kier molecular flexibility index (Phi) is 4.41. The van der Waals surface area contributed by atoms with Crippen LogP contribution < -0.4 is 5.32 Å². The van der Waals surface area contributed by atoms with Gasteiger partial charge in [0.25, 0.3) is 0 Å². The van der Waals surface area contributed by atoms with E-state index < -0.39 is 11.4 Å². The molecule has 4 nitrogen and oxygen atoms in total. The molecule has 1 amide bonds. The molecule has 0 heterocycles. The molecule has 1 aliphatic rings. The van der Waals surface area contributed by atoms with Gasteiger partial charge in [0.2, 0.25) is 5.91 Å². The van der Waals surface area contributed by atoms with Gasteiger partial charge in [-0.1, -0.05) is 27.7 Å². The third kappa shape index (κ3) is 4.31. The van der Waals surface area contributed by atoms with E-state index in [-0.39, 0.29) is 18.7 Å². The molecule has 1 aliphatic carbocycles. The first kappa shape index (κ1) is 15.0. The summed E-state index contributed by atoms with van der Waals surface area (Å²) in [5, 5.41) is 11.7. The van der Waals surface area contributed by atoms with Crippen LogP contribution in [0.2, 0.25) is 0 Å². The molecule has 0 aromatic carbocycles. The number of carboxylic acids is 1. The third-order valence-corrected chi connectivity index (χ3v) is 4.02. The van der Waals surface area contributed by atoms with Crippen LogP contribution in [0.5, 0.6) is 0 Å². The second-order valence-electron chi connectivity index (χ2n) is 6.71. The number of hydrogen-bond acceptors (Lipinski definition) is 2. The lowest BCUT2D eigenvalue weighted by molar-refractivity contribution is -0.139. The first-order valence-electron chi connectivity index (χ1n) is 6.65. The van der Waals surface area contributed by atoms with Gasteiger partial charge in [0.1, 0.15) is 0 Å². The summed E-state index contributed by atoms with van der Waals surface area (Å²) in [6.07, 6.45) is 2.66. The largest absolute Gasteiger partial charge is 0.481 e. The molecule has 1 fully saturated rings. The van der Waals surface area contributed by atoms with E-state index in [1.807, 2.05) is 13.8 Å². The minimum Gasteiger partial charge on any atom is -0.481 e. The maximum atomic E-state index is 11.8. The van der Waals surface area contributed by atoms with Crippen molar-refractivity contribution in [1.29, 1.82) is 0 Å². The van der Waals surface area contributed by atoms with Gasteiger partial charge in [-0.3, -0.25) is 9.59 Å². The highest BCUT2D eigenvalue weighted by Crippen LogP contribution is 2.51.